The van der Waals surface area contributed by atoms with Crippen LogP contribution in [0.3, 0.4) is 0 Å². The van der Waals surface area contributed by atoms with Gasteiger partial charge in [0, 0.05) is 24.0 Å². The lowest BCUT2D eigenvalue weighted by Gasteiger charge is -2.32. The average Bonchev–Trinajstić information content (AvgIpc) is 2.53. The second kappa shape index (κ2) is 3.45. The van der Waals surface area contributed by atoms with E-state index < -0.39 is 11.8 Å². The van der Waals surface area contributed by atoms with Gasteiger partial charge in [0.2, 0.25) is 5.79 Å². The normalized spacial score (nSPS) is 25.9. The van der Waals surface area contributed by atoms with Crippen molar-refractivity contribution in [3.8, 4) is 0 Å². The van der Waals surface area contributed by atoms with E-state index in [0.29, 0.717) is 18.4 Å². The molecular weight excluding hydrogens is 228 g/mol. The Hall–Kier alpha value is -1.61. The molecule has 3 heteroatoms. The lowest BCUT2D eigenvalue weighted by atomic mass is 9.79. The lowest BCUT2D eigenvalue weighted by Crippen LogP contribution is -2.39. The van der Waals surface area contributed by atoms with Crippen LogP contribution < -0.4 is 0 Å². The van der Waals surface area contributed by atoms with Crippen molar-refractivity contribution in [1.82, 2.24) is 0 Å². The second-order valence-electron chi connectivity index (χ2n) is 5.29. The van der Waals surface area contributed by atoms with Crippen LogP contribution in [0.25, 0.3) is 0 Å². The maximum Gasteiger partial charge on any atom is 0.336 e. The van der Waals surface area contributed by atoms with Gasteiger partial charge in [-0.05, 0) is 43.0 Å². The molecule has 1 aliphatic carbocycles. The largest absolute Gasteiger partial charge is 0.425 e. The smallest absolute Gasteiger partial charge is 0.336 e. The number of carbonyl (C=O) groups is 1. The van der Waals surface area contributed by atoms with Gasteiger partial charge in [0.25, 0.3) is 0 Å². The molecule has 1 atom stereocenters. The SMILES string of the molecule is CC1=C2Cc3c(C)ccc(C)c3C[C@]2(O)OC1=O. The minimum Gasteiger partial charge on any atom is -0.425 e. The Labute approximate surface area is 106 Å². The number of hydrogen-bond donors (Lipinski definition) is 1. The molecule has 0 unspecified atom stereocenters. The summed E-state index contributed by atoms with van der Waals surface area (Å²) in [5.41, 5.74) is 5.98. The van der Waals surface area contributed by atoms with Crippen LogP contribution in [0.4, 0.5) is 0 Å². The minimum absolute atomic E-state index is 0.369. The molecule has 3 nitrogen and oxygen atoms in total. The summed E-state index contributed by atoms with van der Waals surface area (Å²) in [6.45, 7) is 5.82. The number of carbonyl (C=O) groups excluding carboxylic acids is 1. The van der Waals surface area contributed by atoms with Gasteiger partial charge in [0.15, 0.2) is 0 Å². The van der Waals surface area contributed by atoms with Crippen molar-refractivity contribution in [3.63, 3.8) is 0 Å². The molecule has 1 aromatic rings. The molecule has 18 heavy (non-hydrogen) atoms. The number of rotatable bonds is 0. The molecule has 1 aromatic carbocycles. The van der Waals surface area contributed by atoms with Crippen molar-refractivity contribution in [1.29, 1.82) is 0 Å². The fourth-order valence-corrected chi connectivity index (χ4v) is 2.96. The summed E-state index contributed by atoms with van der Waals surface area (Å²) in [6, 6.07) is 4.14. The lowest BCUT2D eigenvalue weighted by molar-refractivity contribution is -0.182. The van der Waals surface area contributed by atoms with Gasteiger partial charge < -0.3 is 9.84 Å². The van der Waals surface area contributed by atoms with Crippen molar-refractivity contribution >= 4 is 5.97 Å². The summed E-state index contributed by atoms with van der Waals surface area (Å²) in [6.07, 6.45) is 0.977. The van der Waals surface area contributed by atoms with E-state index in [-0.39, 0.29) is 0 Å². The summed E-state index contributed by atoms with van der Waals surface area (Å²) in [4.78, 5) is 11.6. The summed E-state index contributed by atoms with van der Waals surface area (Å²) in [7, 11) is 0. The highest BCUT2D eigenvalue weighted by atomic mass is 16.7. The molecule has 1 aliphatic heterocycles. The van der Waals surface area contributed by atoms with E-state index in [0.717, 1.165) is 16.7 Å². The zero-order valence-electron chi connectivity index (χ0n) is 10.8. The number of esters is 1. The van der Waals surface area contributed by atoms with Crippen LogP contribution in [-0.4, -0.2) is 16.9 Å². The van der Waals surface area contributed by atoms with Crippen molar-refractivity contribution < 1.29 is 14.6 Å². The highest BCUT2D eigenvalue weighted by molar-refractivity contribution is 5.92. The number of fused-ring (bicyclic) bond motifs is 2. The monoisotopic (exact) mass is 244 g/mol. The van der Waals surface area contributed by atoms with Crippen molar-refractivity contribution in [2.45, 2.75) is 39.4 Å². The number of aryl methyl sites for hydroxylation is 2. The van der Waals surface area contributed by atoms with Crippen LogP contribution in [0.1, 0.15) is 29.2 Å². The Balaban J connectivity index is 2.21. The molecule has 3 rings (SSSR count). The number of aliphatic hydroxyl groups is 1. The van der Waals surface area contributed by atoms with E-state index in [1.807, 2.05) is 6.92 Å². The molecule has 0 amide bonds. The molecule has 0 radical (unpaired) electrons. The zero-order chi connectivity index (χ0) is 13.1. The zero-order valence-corrected chi connectivity index (χ0v) is 10.8. The Morgan fingerprint density at radius 1 is 1.17 bits per heavy atom. The van der Waals surface area contributed by atoms with Crippen LogP contribution in [0.5, 0.6) is 0 Å². The third kappa shape index (κ3) is 1.37. The summed E-state index contributed by atoms with van der Waals surface area (Å²) in [5, 5.41) is 10.5. The Bertz CT molecular complexity index is 598. The molecule has 0 bridgehead atoms. The summed E-state index contributed by atoms with van der Waals surface area (Å²) in [5.74, 6) is -1.80. The van der Waals surface area contributed by atoms with Gasteiger partial charge in [0.1, 0.15) is 0 Å². The minimum atomic E-state index is -1.41. The topological polar surface area (TPSA) is 46.5 Å². The quantitative estimate of drug-likeness (QED) is 0.710. The number of benzene rings is 1. The second-order valence-corrected chi connectivity index (χ2v) is 5.29. The number of hydrogen-bond acceptors (Lipinski definition) is 3. The molecule has 2 aliphatic rings. The fraction of sp³-hybridized carbons (Fsp3) is 0.400. The van der Waals surface area contributed by atoms with Gasteiger partial charge in [-0.25, -0.2) is 4.79 Å². The Morgan fingerprint density at radius 2 is 1.78 bits per heavy atom. The predicted molar refractivity (Wildman–Crippen MR) is 67.1 cm³/mol. The fourth-order valence-electron chi connectivity index (χ4n) is 2.96. The van der Waals surface area contributed by atoms with Crippen LogP contribution in [0.2, 0.25) is 0 Å². The van der Waals surface area contributed by atoms with E-state index in [1.54, 1.807) is 6.92 Å². The first-order valence-corrected chi connectivity index (χ1v) is 6.16. The molecule has 1 heterocycles. The van der Waals surface area contributed by atoms with Gasteiger partial charge in [-0.15, -0.1) is 0 Å². The standard InChI is InChI=1S/C15H16O3/c1-8-4-5-9(2)12-7-15(17)13(6-11(8)12)10(3)14(16)18-15/h4-5,17H,6-7H2,1-3H3/t15-/m0/s1. The molecule has 0 saturated carbocycles. The van der Waals surface area contributed by atoms with Gasteiger partial charge >= 0.3 is 5.97 Å². The molecule has 1 N–H and O–H groups in total. The molecule has 0 saturated heterocycles. The van der Waals surface area contributed by atoms with Crippen molar-refractivity contribution in [2.24, 2.45) is 0 Å². The molecular formula is C15H16O3. The first-order valence-electron chi connectivity index (χ1n) is 6.16. The Kier molecular flexibility index (Phi) is 2.20. The van der Waals surface area contributed by atoms with E-state index in [4.69, 9.17) is 4.74 Å². The van der Waals surface area contributed by atoms with Crippen LogP contribution >= 0.6 is 0 Å². The highest BCUT2D eigenvalue weighted by Crippen LogP contribution is 2.42. The summed E-state index contributed by atoms with van der Waals surface area (Å²) >= 11 is 0. The van der Waals surface area contributed by atoms with Crippen molar-refractivity contribution in [3.05, 3.63) is 45.5 Å². The van der Waals surface area contributed by atoms with Crippen LogP contribution in [0, 0.1) is 13.8 Å². The number of ether oxygens (including phenoxy) is 1. The van der Waals surface area contributed by atoms with E-state index in [9.17, 15) is 9.90 Å². The maximum atomic E-state index is 11.6. The molecule has 0 spiro atoms. The van der Waals surface area contributed by atoms with Crippen LogP contribution in [-0.2, 0) is 22.4 Å². The third-order valence-electron chi connectivity index (χ3n) is 4.16. The van der Waals surface area contributed by atoms with Crippen LogP contribution in [0.15, 0.2) is 23.3 Å². The molecule has 94 valence electrons. The molecule has 0 aromatic heterocycles. The average molecular weight is 244 g/mol. The highest BCUT2D eigenvalue weighted by Gasteiger charge is 2.48. The van der Waals surface area contributed by atoms with Gasteiger partial charge in [-0.2, -0.15) is 0 Å². The van der Waals surface area contributed by atoms with Gasteiger partial charge in [0.05, 0.1) is 0 Å². The van der Waals surface area contributed by atoms with Gasteiger partial charge in [-0.3, -0.25) is 0 Å². The van der Waals surface area contributed by atoms with E-state index >= 15 is 0 Å². The first-order chi connectivity index (χ1) is 8.42. The van der Waals surface area contributed by atoms with E-state index in [1.165, 1.54) is 11.1 Å². The third-order valence-corrected chi connectivity index (χ3v) is 4.16. The maximum absolute atomic E-state index is 11.6. The first kappa shape index (κ1) is 11.5. The van der Waals surface area contributed by atoms with Crippen molar-refractivity contribution in [2.75, 3.05) is 0 Å². The Morgan fingerprint density at radius 3 is 2.44 bits per heavy atom. The van der Waals surface area contributed by atoms with Gasteiger partial charge in [-0.1, -0.05) is 12.1 Å². The summed E-state index contributed by atoms with van der Waals surface area (Å²) < 4.78 is 5.16. The molecule has 0 fully saturated rings. The predicted octanol–water partition coefficient (Wildman–Crippen LogP) is 1.96. The van der Waals surface area contributed by atoms with E-state index in [2.05, 4.69) is 19.1 Å².